The van der Waals surface area contributed by atoms with E-state index in [1.165, 1.54) is 0 Å². The molecule has 136 valence electrons. The van der Waals surface area contributed by atoms with Crippen molar-refractivity contribution >= 4 is 28.3 Å². The van der Waals surface area contributed by atoms with Crippen molar-refractivity contribution in [2.45, 2.75) is 19.8 Å². The van der Waals surface area contributed by atoms with Crippen LogP contribution < -0.4 is 5.73 Å². The Hall–Kier alpha value is -2.99. The van der Waals surface area contributed by atoms with Gasteiger partial charge in [0.2, 0.25) is 0 Å². The van der Waals surface area contributed by atoms with E-state index < -0.39 is 0 Å². The van der Waals surface area contributed by atoms with Gasteiger partial charge in [-0.3, -0.25) is 9.67 Å². The largest absolute Gasteiger partial charge is 0.382 e. The first-order valence-electron chi connectivity index (χ1n) is 8.66. The summed E-state index contributed by atoms with van der Waals surface area (Å²) in [6.07, 6.45) is 3.59. The van der Waals surface area contributed by atoms with Gasteiger partial charge in [0.15, 0.2) is 0 Å². The number of nitrogens with two attached hydrogens (primary N) is 1. The maximum absolute atomic E-state index is 6.49. The normalized spacial score (nSPS) is 11.4. The predicted molar refractivity (Wildman–Crippen MR) is 108 cm³/mol. The molecule has 27 heavy (non-hydrogen) atoms. The molecular weight excluding hydrogens is 360 g/mol. The van der Waals surface area contributed by atoms with Gasteiger partial charge in [0.05, 0.1) is 21.9 Å². The van der Waals surface area contributed by atoms with Crippen LogP contribution in [-0.2, 0) is 7.05 Å². The van der Waals surface area contributed by atoms with Gasteiger partial charge in [0.25, 0.3) is 0 Å². The molecule has 4 rings (SSSR count). The van der Waals surface area contributed by atoms with Crippen LogP contribution in [0.5, 0.6) is 0 Å². The topological polar surface area (TPSA) is 82.5 Å². The highest BCUT2D eigenvalue weighted by molar-refractivity contribution is 6.35. The fraction of sp³-hybridized carbons (Fsp3) is 0.200. The summed E-state index contributed by atoms with van der Waals surface area (Å²) in [4.78, 5) is 13.9. The highest BCUT2D eigenvalue weighted by Crippen LogP contribution is 2.35. The summed E-state index contributed by atoms with van der Waals surface area (Å²) < 4.78 is 1.73. The van der Waals surface area contributed by atoms with Crippen LogP contribution in [0.2, 0.25) is 5.02 Å². The molecule has 0 atom stereocenters. The lowest BCUT2D eigenvalue weighted by Gasteiger charge is -2.14. The van der Waals surface area contributed by atoms with Crippen LogP contribution in [-0.4, -0.2) is 24.7 Å². The Morgan fingerprint density at radius 3 is 2.63 bits per heavy atom. The number of hydrogen-bond donors (Lipinski definition) is 1. The van der Waals surface area contributed by atoms with Crippen LogP contribution >= 0.6 is 11.6 Å². The van der Waals surface area contributed by atoms with Gasteiger partial charge in [-0.05, 0) is 30.2 Å². The zero-order chi connectivity index (χ0) is 19.1. The third kappa shape index (κ3) is 3.13. The number of aryl methyl sites for hydroxylation is 1. The highest BCUT2D eigenvalue weighted by Gasteiger charge is 2.19. The van der Waals surface area contributed by atoms with Gasteiger partial charge in [0.1, 0.15) is 17.2 Å². The Labute approximate surface area is 162 Å². The molecule has 0 aliphatic carbocycles. The number of fused-ring (bicyclic) bond motifs is 1. The summed E-state index contributed by atoms with van der Waals surface area (Å²) in [7, 11) is 1.86. The molecule has 0 saturated heterocycles. The minimum absolute atomic E-state index is 0.145. The van der Waals surface area contributed by atoms with Crippen molar-refractivity contribution in [3.63, 3.8) is 0 Å². The average Bonchev–Trinajstić information content (AvgIpc) is 3.07. The van der Waals surface area contributed by atoms with E-state index in [0.717, 1.165) is 22.2 Å². The van der Waals surface area contributed by atoms with Crippen LogP contribution in [0.4, 0.5) is 5.82 Å². The lowest BCUT2D eigenvalue weighted by Crippen LogP contribution is -2.07. The minimum atomic E-state index is 0.145. The summed E-state index contributed by atoms with van der Waals surface area (Å²) in [6, 6.07) is 9.65. The molecule has 7 heteroatoms. The number of halogens is 1. The first kappa shape index (κ1) is 17.4. The lowest BCUT2D eigenvalue weighted by atomic mass is 10.0. The third-order valence-corrected chi connectivity index (χ3v) is 4.67. The molecule has 1 aromatic carbocycles. The van der Waals surface area contributed by atoms with Crippen molar-refractivity contribution in [2.75, 3.05) is 5.73 Å². The molecule has 0 aliphatic heterocycles. The molecule has 0 fully saturated rings. The Kier molecular flexibility index (Phi) is 4.28. The smallest absolute Gasteiger partial charge is 0.146 e. The molecule has 0 amide bonds. The van der Waals surface area contributed by atoms with Gasteiger partial charge in [0, 0.05) is 30.4 Å². The molecule has 0 aliphatic rings. The van der Waals surface area contributed by atoms with Crippen LogP contribution in [0.25, 0.3) is 33.5 Å². The van der Waals surface area contributed by atoms with E-state index in [1.54, 1.807) is 10.9 Å². The molecule has 3 heterocycles. The molecule has 0 spiro atoms. The van der Waals surface area contributed by atoms with E-state index in [-0.39, 0.29) is 5.92 Å². The second-order valence-electron chi connectivity index (χ2n) is 6.75. The van der Waals surface area contributed by atoms with Crippen molar-refractivity contribution in [1.29, 1.82) is 0 Å². The van der Waals surface area contributed by atoms with Crippen molar-refractivity contribution < 1.29 is 0 Å². The van der Waals surface area contributed by atoms with Crippen molar-refractivity contribution in [1.82, 2.24) is 24.7 Å². The van der Waals surface area contributed by atoms with Gasteiger partial charge in [-0.2, -0.15) is 5.10 Å². The Morgan fingerprint density at radius 1 is 1.11 bits per heavy atom. The Balaban J connectivity index is 2.02. The molecule has 0 bridgehead atoms. The molecule has 4 aromatic rings. The van der Waals surface area contributed by atoms with E-state index >= 15 is 0 Å². The third-order valence-electron chi connectivity index (χ3n) is 4.39. The monoisotopic (exact) mass is 378 g/mol. The van der Waals surface area contributed by atoms with Crippen LogP contribution in [0, 0.1) is 0 Å². The molecule has 0 unspecified atom stereocenters. The van der Waals surface area contributed by atoms with Gasteiger partial charge in [-0.1, -0.05) is 31.5 Å². The molecule has 0 radical (unpaired) electrons. The fourth-order valence-corrected chi connectivity index (χ4v) is 3.37. The van der Waals surface area contributed by atoms with Gasteiger partial charge >= 0.3 is 0 Å². The Bertz CT molecular complexity index is 1150. The standard InChI is InChI=1S/C20H19ClN6/c1-11(2)16-20(22)25-19(15-6-8-27(3)26-15)18(24-16)13-9-12-5-4-7-23-17(12)14(21)10-13/h4-11H,1-3H3,(H2,22,25). The number of aromatic nitrogens is 5. The molecule has 3 aromatic heterocycles. The average molecular weight is 379 g/mol. The van der Waals surface area contributed by atoms with Crippen LogP contribution in [0.1, 0.15) is 25.5 Å². The minimum Gasteiger partial charge on any atom is -0.382 e. The number of rotatable bonds is 3. The first-order valence-corrected chi connectivity index (χ1v) is 9.04. The summed E-state index contributed by atoms with van der Waals surface area (Å²) in [6.45, 7) is 4.09. The second kappa shape index (κ2) is 6.63. The Morgan fingerprint density at radius 2 is 1.93 bits per heavy atom. The van der Waals surface area contributed by atoms with E-state index in [1.807, 2.05) is 57.4 Å². The van der Waals surface area contributed by atoms with Crippen LogP contribution in [0.15, 0.2) is 42.7 Å². The molecule has 2 N–H and O–H groups in total. The molecule has 6 nitrogen and oxygen atoms in total. The SMILES string of the molecule is CC(C)c1nc(-c2cc(Cl)c3ncccc3c2)c(-c2ccn(C)n2)nc1N. The highest BCUT2D eigenvalue weighted by atomic mass is 35.5. The summed E-state index contributed by atoms with van der Waals surface area (Å²) in [5.41, 5.74) is 10.6. The summed E-state index contributed by atoms with van der Waals surface area (Å²) >= 11 is 6.49. The quantitative estimate of drug-likeness (QED) is 0.569. The predicted octanol–water partition coefficient (Wildman–Crippen LogP) is 4.45. The van der Waals surface area contributed by atoms with Gasteiger partial charge in [-0.25, -0.2) is 9.97 Å². The summed E-state index contributed by atoms with van der Waals surface area (Å²) in [5, 5.41) is 5.99. The second-order valence-corrected chi connectivity index (χ2v) is 7.16. The summed E-state index contributed by atoms with van der Waals surface area (Å²) in [5.74, 6) is 0.564. The maximum atomic E-state index is 6.49. The van der Waals surface area contributed by atoms with Gasteiger partial charge in [-0.15, -0.1) is 0 Å². The number of nitrogens with zero attached hydrogens (tertiary/aromatic N) is 5. The maximum Gasteiger partial charge on any atom is 0.146 e. The lowest BCUT2D eigenvalue weighted by molar-refractivity contribution is 0.769. The number of hydrogen-bond acceptors (Lipinski definition) is 5. The number of anilines is 1. The van der Waals surface area contributed by atoms with Crippen molar-refractivity contribution in [3.05, 3.63) is 53.4 Å². The number of benzene rings is 1. The van der Waals surface area contributed by atoms with Gasteiger partial charge < -0.3 is 5.73 Å². The van der Waals surface area contributed by atoms with E-state index in [2.05, 4.69) is 15.1 Å². The number of pyridine rings is 1. The first-order chi connectivity index (χ1) is 12.9. The fourth-order valence-electron chi connectivity index (χ4n) is 3.09. The van der Waals surface area contributed by atoms with E-state index in [9.17, 15) is 0 Å². The zero-order valence-electron chi connectivity index (χ0n) is 15.3. The van der Waals surface area contributed by atoms with E-state index in [0.29, 0.717) is 27.9 Å². The molecular formula is C20H19ClN6. The van der Waals surface area contributed by atoms with Crippen molar-refractivity contribution in [2.24, 2.45) is 7.05 Å². The van der Waals surface area contributed by atoms with Crippen molar-refractivity contribution in [3.8, 4) is 22.6 Å². The number of nitrogen functional groups attached to an aromatic ring is 1. The van der Waals surface area contributed by atoms with Crippen LogP contribution in [0.3, 0.4) is 0 Å². The molecule has 0 saturated carbocycles. The zero-order valence-corrected chi connectivity index (χ0v) is 16.1. The van der Waals surface area contributed by atoms with E-state index in [4.69, 9.17) is 22.3 Å².